The highest BCUT2D eigenvalue weighted by atomic mass is 16.5. The predicted octanol–water partition coefficient (Wildman–Crippen LogP) is 3.34. The van der Waals surface area contributed by atoms with Gasteiger partial charge in [0, 0.05) is 18.3 Å². The minimum Gasteiger partial charge on any atom is -0.457 e. The Hall–Kier alpha value is -3.54. The van der Waals surface area contributed by atoms with Crippen molar-refractivity contribution in [2.24, 2.45) is 5.73 Å². The molecule has 0 unspecified atom stereocenters. The highest BCUT2D eigenvalue weighted by Gasteiger charge is 2.23. The molecule has 0 aliphatic carbocycles. The van der Waals surface area contributed by atoms with Crippen LogP contribution in [0.25, 0.3) is 17.5 Å². The number of fused-ring (bicyclic) bond motifs is 1. The van der Waals surface area contributed by atoms with Crippen LogP contribution < -0.4 is 15.8 Å². The molecule has 0 saturated carbocycles. The van der Waals surface area contributed by atoms with Gasteiger partial charge in [0.15, 0.2) is 0 Å². The lowest BCUT2D eigenvalue weighted by atomic mass is 10.1. The van der Waals surface area contributed by atoms with Crippen molar-refractivity contribution in [3.63, 3.8) is 0 Å². The second-order valence-corrected chi connectivity index (χ2v) is 5.59. The largest absolute Gasteiger partial charge is 0.457 e. The Kier molecular flexibility index (Phi) is 3.70. The lowest BCUT2D eigenvalue weighted by Crippen LogP contribution is -2.16. The number of nitrogens with one attached hydrogen (secondary N) is 1. The van der Waals surface area contributed by atoms with Crippen molar-refractivity contribution >= 4 is 17.9 Å². The molecule has 0 spiro atoms. The molecule has 3 aromatic rings. The molecular formula is C19H16N4O2. The number of aromatic nitrogens is 2. The Morgan fingerprint density at radius 1 is 1.08 bits per heavy atom. The number of benzene rings is 2. The molecule has 1 aliphatic rings. The van der Waals surface area contributed by atoms with Gasteiger partial charge in [-0.25, -0.2) is 4.68 Å². The van der Waals surface area contributed by atoms with Gasteiger partial charge in [0.05, 0.1) is 0 Å². The molecule has 124 valence electrons. The Morgan fingerprint density at radius 3 is 2.52 bits per heavy atom. The van der Waals surface area contributed by atoms with Crippen LogP contribution in [0, 0.1) is 0 Å². The van der Waals surface area contributed by atoms with Crippen LogP contribution in [-0.4, -0.2) is 22.2 Å². The molecule has 2 aromatic carbocycles. The minimum absolute atomic E-state index is 0.390. The van der Waals surface area contributed by atoms with Gasteiger partial charge >= 0.3 is 0 Å². The lowest BCUT2D eigenvalue weighted by Gasteiger charge is -2.10. The Labute approximate surface area is 144 Å². The van der Waals surface area contributed by atoms with Crippen LogP contribution in [0.4, 0.5) is 5.82 Å². The first-order valence-corrected chi connectivity index (χ1v) is 7.88. The molecule has 4 rings (SSSR count). The van der Waals surface area contributed by atoms with E-state index >= 15 is 0 Å². The Bertz CT molecular complexity index is 944. The zero-order chi connectivity index (χ0) is 17.2. The topological polar surface area (TPSA) is 82.2 Å². The molecule has 1 aliphatic heterocycles. The van der Waals surface area contributed by atoms with E-state index in [1.807, 2.05) is 66.9 Å². The first-order chi connectivity index (χ1) is 12.2. The van der Waals surface area contributed by atoms with Gasteiger partial charge in [0.1, 0.15) is 28.6 Å². The van der Waals surface area contributed by atoms with E-state index in [0.29, 0.717) is 29.4 Å². The summed E-state index contributed by atoms with van der Waals surface area (Å²) in [4.78, 5) is 11.9. The van der Waals surface area contributed by atoms with E-state index in [4.69, 9.17) is 10.5 Å². The number of ether oxygens (including phenoxy) is 1. The first-order valence-electron chi connectivity index (χ1n) is 7.88. The van der Waals surface area contributed by atoms with Gasteiger partial charge in [0.25, 0.3) is 5.91 Å². The summed E-state index contributed by atoms with van der Waals surface area (Å²) in [7, 11) is 0. The van der Waals surface area contributed by atoms with Gasteiger partial charge in [-0.2, -0.15) is 5.10 Å². The number of para-hydroxylation sites is 1. The quantitative estimate of drug-likeness (QED) is 0.768. The summed E-state index contributed by atoms with van der Waals surface area (Å²) in [5.74, 6) is 1.58. The first kappa shape index (κ1) is 15.0. The Balaban J connectivity index is 1.68. The van der Waals surface area contributed by atoms with Gasteiger partial charge in [0.2, 0.25) is 0 Å². The van der Waals surface area contributed by atoms with E-state index in [0.717, 1.165) is 11.3 Å². The number of nitrogens with zero attached hydrogens (tertiary/aromatic N) is 2. The van der Waals surface area contributed by atoms with Crippen LogP contribution in [0.1, 0.15) is 10.4 Å². The fraction of sp³-hybridized carbons (Fsp3) is 0.0526. The van der Waals surface area contributed by atoms with Crippen molar-refractivity contribution in [3.05, 3.63) is 66.2 Å². The van der Waals surface area contributed by atoms with Crippen LogP contribution >= 0.6 is 0 Å². The summed E-state index contributed by atoms with van der Waals surface area (Å²) >= 11 is 0. The highest BCUT2D eigenvalue weighted by Crippen LogP contribution is 2.31. The predicted molar refractivity (Wildman–Crippen MR) is 96.5 cm³/mol. The SMILES string of the molecule is NC(=O)c1c(-c2ccc(Oc3ccccc3)cc2)nn2c1NCC=C2. The third-order valence-corrected chi connectivity index (χ3v) is 3.90. The number of rotatable bonds is 4. The standard InChI is InChI=1S/C19H16N4O2/c20-18(24)16-17(22-23-12-4-11-21-19(16)23)13-7-9-15(10-8-13)25-14-5-2-1-3-6-14/h1-10,12,21H,11H2,(H2,20,24). The van der Waals surface area contributed by atoms with Gasteiger partial charge in [-0.3, -0.25) is 4.79 Å². The van der Waals surface area contributed by atoms with Gasteiger partial charge < -0.3 is 15.8 Å². The monoisotopic (exact) mass is 332 g/mol. The molecule has 25 heavy (non-hydrogen) atoms. The van der Waals surface area contributed by atoms with Crippen molar-refractivity contribution in [2.75, 3.05) is 11.9 Å². The van der Waals surface area contributed by atoms with E-state index in [-0.39, 0.29) is 0 Å². The second kappa shape index (κ2) is 6.16. The lowest BCUT2D eigenvalue weighted by molar-refractivity contribution is 0.100. The van der Waals surface area contributed by atoms with E-state index in [1.165, 1.54) is 0 Å². The van der Waals surface area contributed by atoms with E-state index in [1.54, 1.807) is 4.68 Å². The van der Waals surface area contributed by atoms with Crippen molar-refractivity contribution in [3.8, 4) is 22.8 Å². The molecule has 1 amide bonds. The summed E-state index contributed by atoms with van der Waals surface area (Å²) in [5.41, 5.74) is 7.31. The number of carbonyl (C=O) groups is 1. The third-order valence-electron chi connectivity index (χ3n) is 3.90. The highest BCUT2D eigenvalue weighted by molar-refractivity contribution is 6.04. The maximum Gasteiger partial charge on any atom is 0.254 e. The molecular weight excluding hydrogens is 316 g/mol. The van der Waals surface area contributed by atoms with Crippen molar-refractivity contribution < 1.29 is 9.53 Å². The molecule has 1 aromatic heterocycles. The summed E-state index contributed by atoms with van der Waals surface area (Å²) in [6.45, 7) is 0.634. The van der Waals surface area contributed by atoms with E-state index < -0.39 is 5.91 Å². The summed E-state index contributed by atoms with van der Waals surface area (Å²) in [6, 6.07) is 17.0. The van der Waals surface area contributed by atoms with Crippen molar-refractivity contribution in [1.82, 2.24) is 9.78 Å². The fourth-order valence-corrected chi connectivity index (χ4v) is 2.76. The van der Waals surface area contributed by atoms with E-state index in [9.17, 15) is 4.79 Å². The zero-order valence-electron chi connectivity index (χ0n) is 13.3. The zero-order valence-corrected chi connectivity index (χ0v) is 13.3. The number of hydrogen-bond donors (Lipinski definition) is 2. The molecule has 6 nitrogen and oxygen atoms in total. The second-order valence-electron chi connectivity index (χ2n) is 5.59. The normalized spacial score (nSPS) is 12.3. The summed E-state index contributed by atoms with van der Waals surface area (Å²) < 4.78 is 7.42. The number of nitrogens with two attached hydrogens (primary N) is 1. The van der Waals surface area contributed by atoms with Crippen LogP contribution in [0.5, 0.6) is 11.5 Å². The van der Waals surface area contributed by atoms with Crippen molar-refractivity contribution in [2.45, 2.75) is 0 Å². The molecule has 0 fully saturated rings. The average molecular weight is 332 g/mol. The van der Waals surface area contributed by atoms with E-state index in [2.05, 4.69) is 10.4 Å². The van der Waals surface area contributed by atoms with Crippen LogP contribution in [0.15, 0.2) is 60.7 Å². The number of amides is 1. The van der Waals surface area contributed by atoms with Gasteiger partial charge in [-0.15, -0.1) is 0 Å². The number of hydrogen-bond acceptors (Lipinski definition) is 4. The third kappa shape index (κ3) is 2.85. The van der Waals surface area contributed by atoms with Crippen molar-refractivity contribution in [1.29, 1.82) is 0 Å². The van der Waals surface area contributed by atoms with Crippen LogP contribution in [-0.2, 0) is 0 Å². The fourth-order valence-electron chi connectivity index (χ4n) is 2.76. The van der Waals surface area contributed by atoms with Crippen LogP contribution in [0.3, 0.4) is 0 Å². The molecule has 3 N–H and O–H groups in total. The number of primary amides is 1. The Morgan fingerprint density at radius 2 is 1.80 bits per heavy atom. The maximum absolute atomic E-state index is 11.9. The molecule has 0 atom stereocenters. The molecule has 2 heterocycles. The van der Waals surface area contributed by atoms with Gasteiger partial charge in [-0.1, -0.05) is 18.2 Å². The molecule has 0 bridgehead atoms. The smallest absolute Gasteiger partial charge is 0.254 e. The van der Waals surface area contributed by atoms with Gasteiger partial charge in [-0.05, 0) is 42.5 Å². The summed E-state index contributed by atoms with van der Waals surface area (Å²) in [6.07, 6.45) is 3.74. The minimum atomic E-state index is -0.510. The van der Waals surface area contributed by atoms with Crippen LogP contribution in [0.2, 0.25) is 0 Å². The molecule has 0 saturated heterocycles. The number of carbonyl (C=O) groups excluding carboxylic acids is 1. The molecule has 6 heteroatoms. The molecule has 0 radical (unpaired) electrons. The maximum atomic E-state index is 11.9. The average Bonchev–Trinajstić information content (AvgIpc) is 3.03. The summed E-state index contributed by atoms with van der Waals surface area (Å²) in [5, 5.41) is 7.62. The number of anilines is 1.